The average molecular weight is 376 g/mol. The third kappa shape index (κ3) is 3.06. The molecular formula is C18H18BrNO3. The molecule has 4 nitrogen and oxygen atoms in total. The van der Waals surface area contributed by atoms with Gasteiger partial charge in [-0.15, -0.1) is 0 Å². The lowest BCUT2D eigenvalue weighted by Crippen LogP contribution is -2.14. The Labute approximate surface area is 143 Å². The fourth-order valence-corrected chi connectivity index (χ4v) is 3.34. The summed E-state index contributed by atoms with van der Waals surface area (Å²) in [5.41, 5.74) is 2.96. The van der Waals surface area contributed by atoms with Crippen molar-refractivity contribution in [1.82, 2.24) is 0 Å². The molecule has 0 saturated heterocycles. The number of ether oxygens (including phenoxy) is 2. The number of methoxy groups -OCH3 is 1. The smallest absolute Gasteiger partial charge is 0.232 e. The summed E-state index contributed by atoms with van der Waals surface area (Å²) in [6, 6.07) is 11.7. The Morgan fingerprint density at radius 2 is 2.00 bits per heavy atom. The molecule has 1 atom stereocenters. The summed E-state index contributed by atoms with van der Waals surface area (Å²) in [7, 11) is 1.62. The fraction of sp³-hybridized carbons (Fsp3) is 0.278. The van der Waals surface area contributed by atoms with E-state index >= 15 is 0 Å². The highest BCUT2D eigenvalue weighted by molar-refractivity contribution is 9.10. The first kappa shape index (κ1) is 15.9. The lowest BCUT2D eigenvalue weighted by Gasteiger charge is -2.15. The first-order chi connectivity index (χ1) is 11.1. The Morgan fingerprint density at radius 3 is 2.74 bits per heavy atom. The van der Waals surface area contributed by atoms with Gasteiger partial charge in [0.2, 0.25) is 5.91 Å². The zero-order chi connectivity index (χ0) is 16.4. The SMILES string of the molecule is CCOc1cc(CC2C(=O)Nc3ccccc32)c(Br)cc1OC. The van der Waals surface area contributed by atoms with E-state index in [2.05, 4.69) is 21.2 Å². The molecule has 1 amide bonds. The van der Waals surface area contributed by atoms with Gasteiger partial charge < -0.3 is 14.8 Å². The number of hydrogen-bond acceptors (Lipinski definition) is 3. The lowest BCUT2D eigenvalue weighted by molar-refractivity contribution is -0.117. The summed E-state index contributed by atoms with van der Waals surface area (Å²) in [6.07, 6.45) is 0.605. The number of para-hydroxylation sites is 1. The number of halogens is 1. The Balaban J connectivity index is 1.94. The number of rotatable bonds is 5. The van der Waals surface area contributed by atoms with E-state index in [4.69, 9.17) is 9.47 Å². The molecule has 1 aliphatic heterocycles. The van der Waals surface area contributed by atoms with Crippen LogP contribution in [0.15, 0.2) is 40.9 Å². The maximum absolute atomic E-state index is 12.3. The molecule has 2 aromatic rings. The predicted molar refractivity (Wildman–Crippen MR) is 93.4 cm³/mol. The Morgan fingerprint density at radius 1 is 1.22 bits per heavy atom. The summed E-state index contributed by atoms with van der Waals surface area (Å²) in [5, 5.41) is 2.94. The highest BCUT2D eigenvalue weighted by Crippen LogP contribution is 2.39. The number of carbonyl (C=O) groups is 1. The molecule has 0 radical (unpaired) electrons. The van der Waals surface area contributed by atoms with Gasteiger partial charge in [-0.1, -0.05) is 34.1 Å². The van der Waals surface area contributed by atoms with Crippen molar-refractivity contribution in [1.29, 1.82) is 0 Å². The van der Waals surface area contributed by atoms with Crippen LogP contribution in [-0.4, -0.2) is 19.6 Å². The Hall–Kier alpha value is -2.01. The second kappa shape index (κ2) is 6.62. The van der Waals surface area contributed by atoms with Crippen LogP contribution in [0.25, 0.3) is 0 Å². The van der Waals surface area contributed by atoms with Crippen LogP contribution in [0.4, 0.5) is 5.69 Å². The molecule has 5 heteroatoms. The predicted octanol–water partition coefficient (Wildman–Crippen LogP) is 4.13. The van der Waals surface area contributed by atoms with Crippen molar-refractivity contribution >= 4 is 27.5 Å². The molecule has 3 rings (SSSR count). The van der Waals surface area contributed by atoms with E-state index in [1.807, 2.05) is 43.3 Å². The van der Waals surface area contributed by atoms with Gasteiger partial charge >= 0.3 is 0 Å². The summed E-state index contributed by atoms with van der Waals surface area (Å²) in [5.74, 6) is 1.22. The van der Waals surface area contributed by atoms with Crippen molar-refractivity contribution in [3.8, 4) is 11.5 Å². The van der Waals surface area contributed by atoms with Gasteiger partial charge in [0.25, 0.3) is 0 Å². The number of fused-ring (bicyclic) bond motifs is 1. The van der Waals surface area contributed by atoms with Crippen LogP contribution in [0.2, 0.25) is 0 Å². The topological polar surface area (TPSA) is 47.6 Å². The molecule has 0 spiro atoms. The number of hydrogen-bond donors (Lipinski definition) is 1. The molecule has 1 heterocycles. The first-order valence-electron chi connectivity index (χ1n) is 7.53. The normalized spacial score (nSPS) is 16.0. The van der Waals surface area contributed by atoms with E-state index in [0.717, 1.165) is 21.3 Å². The van der Waals surface area contributed by atoms with Crippen molar-refractivity contribution in [3.05, 3.63) is 52.0 Å². The van der Waals surface area contributed by atoms with Gasteiger partial charge in [0.05, 0.1) is 19.6 Å². The van der Waals surface area contributed by atoms with E-state index in [0.29, 0.717) is 24.5 Å². The summed E-state index contributed by atoms with van der Waals surface area (Å²) in [4.78, 5) is 12.3. The van der Waals surface area contributed by atoms with Gasteiger partial charge in [0, 0.05) is 10.2 Å². The van der Waals surface area contributed by atoms with Crippen LogP contribution >= 0.6 is 15.9 Å². The van der Waals surface area contributed by atoms with Gasteiger partial charge in [-0.3, -0.25) is 4.79 Å². The molecule has 0 aliphatic carbocycles. The van der Waals surface area contributed by atoms with Crippen molar-refractivity contribution in [2.24, 2.45) is 0 Å². The molecule has 0 bridgehead atoms. The molecule has 23 heavy (non-hydrogen) atoms. The number of benzene rings is 2. The van der Waals surface area contributed by atoms with Crippen LogP contribution in [0.5, 0.6) is 11.5 Å². The second-order valence-corrected chi connectivity index (χ2v) is 6.22. The summed E-state index contributed by atoms with van der Waals surface area (Å²) >= 11 is 3.57. The molecule has 1 aliphatic rings. The van der Waals surface area contributed by atoms with E-state index in [-0.39, 0.29) is 11.8 Å². The maximum Gasteiger partial charge on any atom is 0.232 e. The molecule has 1 unspecified atom stereocenters. The highest BCUT2D eigenvalue weighted by Gasteiger charge is 2.30. The van der Waals surface area contributed by atoms with Crippen LogP contribution in [0, 0.1) is 0 Å². The van der Waals surface area contributed by atoms with E-state index < -0.39 is 0 Å². The molecule has 0 aromatic heterocycles. The molecule has 0 saturated carbocycles. The van der Waals surface area contributed by atoms with Gasteiger partial charge in [-0.2, -0.15) is 0 Å². The minimum atomic E-state index is -0.189. The Kier molecular flexibility index (Phi) is 4.57. The Bertz CT molecular complexity index is 745. The molecule has 0 fully saturated rings. The van der Waals surface area contributed by atoms with Crippen LogP contribution in [0.1, 0.15) is 24.0 Å². The van der Waals surface area contributed by atoms with Crippen LogP contribution < -0.4 is 14.8 Å². The third-order valence-electron chi connectivity index (χ3n) is 3.97. The van der Waals surface area contributed by atoms with E-state index in [1.54, 1.807) is 7.11 Å². The summed E-state index contributed by atoms with van der Waals surface area (Å²) in [6.45, 7) is 2.49. The minimum Gasteiger partial charge on any atom is -0.493 e. The highest BCUT2D eigenvalue weighted by atomic mass is 79.9. The van der Waals surface area contributed by atoms with Crippen molar-refractivity contribution in [2.75, 3.05) is 19.0 Å². The van der Waals surface area contributed by atoms with Crippen molar-refractivity contribution < 1.29 is 14.3 Å². The van der Waals surface area contributed by atoms with Crippen molar-refractivity contribution in [2.45, 2.75) is 19.3 Å². The number of carbonyl (C=O) groups excluding carboxylic acids is 1. The molecule has 120 valence electrons. The third-order valence-corrected chi connectivity index (χ3v) is 4.71. The molecule has 1 N–H and O–H groups in total. The maximum atomic E-state index is 12.3. The van der Waals surface area contributed by atoms with E-state index in [9.17, 15) is 4.79 Å². The zero-order valence-corrected chi connectivity index (χ0v) is 14.6. The van der Waals surface area contributed by atoms with Gasteiger partial charge in [-0.05, 0) is 42.7 Å². The van der Waals surface area contributed by atoms with Crippen molar-refractivity contribution in [3.63, 3.8) is 0 Å². The number of anilines is 1. The minimum absolute atomic E-state index is 0.0341. The second-order valence-electron chi connectivity index (χ2n) is 5.36. The van der Waals surface area contributed by atoms with Gasteiger partial charge in [0.1, 0.15) is 0 Å². The number of nitrogens with one attached hydrogen (secondary N) is 1. The van der Waals surface area contributed by atoms with E-state index in [1.165, 1.54) is 0 Å². The fourth-order valence-electron chi connectivity index (χ4n) is 2.86. The average Bonchev–Trinajstić information content (AvgIpc) is 2.86. The monoisotopic (exact) mass is 375 g/mol. The molecule has 2 aromatic carbocycles. The lowest BCUT2D eigenvalue weighted by atomic mass is 9.93. The van der Waals surface area contributed by atoms with Crippen LogP contribution in [0.3, 0.4) is 0 Å². The van der Waals surface area contributed by atoms with Gasteiger partial charge in [0.15, 0.2) is 11.5 Å². The largest absolute Gasteiger partial charge is 0.493 e. The van der Waals surface area contributed by atoms with Gasteiger partial charge in [-0.25, -0.2) is 0 Å². The zero-order valence-electron chi connectivity index (χ0n) is 13.1. The quantitative estimate of drug-likeness (QED) is 0.854. The molecular weight excluding hydrogens is 358 g/mol. The standard InChI is InChI=1S/C18H18BrNO3/c1-3-23-17-9-11(14(19)10-16(17)22-2)8-13-12-6-4-5-7-15(12)20-18(13)21/h4-7,9-10,13H,3,8H2,1-2H3,(H,20,21). The first-order valence-corrected chi connectivity index (χ1v) is 8.32. The summed E-state index contributed by atoms with van der Waals surface area (Å²) < 4.78 is 11.9. The van der Waals surface area contributed by atoms with Crippen LogP contribution in [-0.2, 0) is 11.2 Å². The number of amides is 1.